The molecule has 0 amide bonds. The highest BCUT2D eigenvalue weighted by molar-refractivity contribution is 7.86. The van der Waals surface area contributed by atoms with Crippen molar-refractivity contribution in [3.05, 3.63) is 0 Å². The summed E-state index contributed by atoms with van der Waals surface area (Å²) in [5, 5.41) is 9.08. The molecule has 0 heterocycles. The van der Waals surface area contributed by atoms with Gasteiger partial charge in [-0.25, -0.2) is 0 Å². The van der Waals surface area contributed by atoms with E-state index in [-0.39, 0.29) is 6.04 Å². The summed E-state index contributed by atoms with van der Waals surface area (Å²) >= 11 is 0. The molecular formula is C9H22N2O3S. The predicted octanol–water partition coefficient (Wildman–Crippen LogP) is 0.274. The maximum Gasteiger partial charge on any atom is 0.281 e. The van der Waals surface area contributed by atoms with Gasteiger partial charge < -0.3 is 5.11 Å². The summed E-state index contributed by atoms with van der Waals surface area (Å²) in [6.07, 6.45) is -0.0335. The molecule has 0 aromatic carbocycles. The third-order valence-electron chi connectivity index (χ3n) is 2.35. The van der Waals surface area contributed by atoms with Gasteiger partial charge in [0.25, 0.3) is 10.2 Å². The van der Waals surface area contributed by atoms with Crippen LogP contribution in [0.1, 0.15) is 27.2 Å². The van der Waals surface area contributed by atoms with Gasteiger partial charge in [-0.3, -0.25) is 0 Å². The molecule has 1 unspecified atom stereocenters. The monoisotopic (exact) mass is 238 g/mol. The van der Waals surface area contributed by atoms with Gasteiger partial charge in [0.1, 0.15) is 0 Å². The molecule has 0 saturated carbocycles. The number of hydrogen-bond acceptors (Lipinski definition) is 3. The van der Waals surface area contributed by atoms with Crippen molar-refractivity contribution in [1.82, 2.24) is 8.61 Å². The lowest BCUT2D eigenvalue weighted by Gasteiger charge is -2.27. The van der Waals surface area contributed by atoms with Crippen LogP contribution in [0.2, 0.25) is 0 Å². The smallest absolute Gasteiger partial charge is 0.281 e. The van der Waals surface area contributed by atoms with Crippen LogP contribution in [0.15, 0.2) is 0 Å². The van der Waals surface area contributed by atoms with E-state index in [1.54, 1.807) is 14.0 Å². The van der Waals surface area contributed by atoms with Gasteiger partial charge in [-0.1, -0.05) is 0 Å². The van der Waals surface area contributed by atoms with E-state index in [9.17, 15) is 8.42 Å². The summed E-state index contributed by atoms with van der Waals surface area (Å²) < 4.78 is 26.3. The van der Waals surface area contributed by atoms with Crippen LogP contribution in [-0.2, 0) is 10.2 Å². The minimum absolute atomic E-state index is 0.0657. The molecule has 0 aliphatic carbocycles. The molecule has 0 aliphatic rings. The molecule has 0 aliphatic heterocycles. The molecular weight excluding hydrogens is 216 g/mol. The minimum atomic E-state index is -3.38. The predicted molar refractivity (Wildman–Crippen MR) is 60.7 cm³/mol. The average molecular weight is 238 g/mol. The first kappa shape index (κ1) is 14.8. The molecule has 0 saturated heterocycles. The van der Waals surface area contributed by atoms with Crippen LogP contribution in [0.5, 0.6) is 0 Å². The fraction of sp³-hybridized carbons (Fsp3) is 1.00. The number of aliphatic hydroxyl groups excluding tert-OH is 1. The Hall–Kier alpha value is -0.170. The highest BCUT2D eigenvalue weighted by Gasteiger charge is 2.25. The second-order valence-electron chi connectivity index (χ2n) is 4.08. The highest BCUT2D eigenvalue weighted by Crippen LogP contribution is 2.08. The van der Waals surface area contributed by atoms with Crippen molar-refractivity contribution in [1.29, 1.82) is 0 Å². The van der Waals surface area contributed by atoms with Crippen LogP contribution < -0.4 is 0 Å². The first-order valence-corrected chi connectivity index (χ1v) is 6.46. The normalized spacial score (nSPS) is 15.3. The topological polar surface area (TPSA) is 60.9 Å². The fourth-order valence-electron chi connectivity index (χ4n) is 0.970. The van der Waals surface area contributed by atoms with Crippen LogP contribution >= 0.6 is 0 Å². The van der Waals surface area contributed by atoms with Crippen molar-refractivity contribution >= 4 is 10.2 Å². The van der Waals surface area contributed by atoms with Gasteiger partial charge >= 0.3 is 0 Å². The first-order valence-electron chi connectivity index (χ1n) is 5.07. The number of nitrogens with zero attached hydrogens (tertiary/aromatic N) is 2. The Morgan fingerprint density at radius 1 is 1.20 bits per heavy atom. The second-order valence-corrected chi connectivity index (χ2v) is 6.17. The second kappa shape index (κ2) is 5.79. The van der Waals surface area contributed by atoms with Gasteiger partial charge in [0, 0.05) is 26.7 Å². The van der Waals surface area contributed by atoms with Crippen LogP contribution in [0.3, 0.4) is 0 Å². The zero-order valence-corrected chi connectivity index (χ0v) is 11.0. The number of rotatable bonds is 6. The van der Waals surface area contributed by atoms with Gasteiger partial charge in [-0.2, -0.15) is 17.0 Å². The largest absolute Gasteiger partial charge is 0.393 e. The Morgan fingerprint density at radius 2 is 1.67 bits per heavy atom. The van der Waals surface area contributed by atoms with E-state index in [0.717, 1.165) is 0 Å². The van der Waals surface area contributed by atoms with Gasteiger partial charge in [-0.15, -0.1) is 0 Å². The zero-order chi connectivity index (χ0) is 12.2. The summed E-state index contributed by atoms with van der Waals surface area (Å²) in [5.74, 6) is 0. The molecule has 1 N–H and O–H groups in total. The molecule has 0 aromatic heterocycles. The summed E-state index contributed by atoms with van der Waals surface area (Å²) in [4.78, 5) is 0. The van der Waals surface area contributed by atoms with Crippen molar-refractivity contribution in [2.24, 2.45) is 0 Å². The fourth-order valence-corrected chi connectivity index (χ4v) is 2.28. The van der Waals surface area contributed by atoms with E-state index in [2.05, 4.69) is 0 Å². The summed E-state index contributed by atoms with van der Waals surface area (Å²) in [5.41, 5.74) is 0. The molecule has 0 fully saturated rings. The third-order valence-corrected chi connectivity index (χ3v) is 4.47. The van der Waals surface area contributed by atoms with Gasteiger partial charge in [0.2, 0.25) is 0 Å². The molecule has 1 atom stereocenters. The lowest BCUT2D eigenvalue weighted by molar-refractivity contribution is 0.176. The minimum Gasteiger partial charge on any atom is -0.393 e. The first-order chi connectivity index (χ1) is 6.69. The van der Waals surface area contributed by atoms with Crippen LogP contribution in [0, 0.1) is 0 Å². The lowest BCUT2D eigenvalue weighted by Crippen LogP contribution is -2.43. The van der Waals surface area contributed by atoms with E-state index < -0.39 is 16.3 Å². The molecule has 0 bridgehead atoms. The Kier molecular flexibility index (Phi) is 5.72. The number of aliphatic hydroxyl groups is 1. The molecule has 0 rings (SSSR count). The molecule has 5 nitrogen and oxygen atoms in total. The zero-order valence-electron chi connectivity index (χ0n) is 10.1. The van der Waals surface area contributed by atoms with E-state index in [1.165, 1.54) is 15.7 Å². The molecule has 0 radical (unpaired) electrons. The van der Waals surface area contributed by atoms with E-state index >= 15 is 0 Å². The Morgan fingerprint density at radius 3 is 2.00 bits per heavy atom. The van der Waals surface area contributed by atoms with Crippen molar-refractivity contribution in [3.8, 4) is 0 Å². The third kappa shape index (κ3) is 4.46. The van der Waals surface area contributed by atoms with Gasteiger partial charge in [-0.05, 0) is 27.2 Å². The van der Waals surface area contributed by atoms with E-state index in [4.69, 9.17) is 5.11 Å². The molecule has 6 heteroatoms. The Labute approximate surface area is 92.9 Å². The van der Waals surface area contributed by atoms with Crippen LogP contribution in [0.25, 0.3) is 0 Å². The Balaban J connectivity index is 4.46. The summed E-state index contributed by atoms with van der Waals surface area (Å²) in [6, 6.07) is -0.0657. The molecule has 0 spiro atoms. The van der Waals surface area contributed by atoms with Crippen molar-refractivity contribution in [3.63, 3.8) is 0 Å². The molecule has 15 heavy (non-hydrogen) atoms. The van der Waals surface area contributed by atoms with Crippen molar-refractivity contribution in [2.75, 3.05) is 20.6 Å². The van der Waals surface area contributed by atoms with Gasteiger partial charge in [0.05, 0.1) is 6.10 Å². The SMILES string of the molecule is CC(O)CCN(C)S(=O)(=O)N(C)C(C)C. The molecule has 92 valence electrons. The quantitative estimate of drug-likeness (QED) is 0.723. The lowest BCUT2D eigenvalue weighted by atomic mass is 10.3. The van der Waals surface area contributed by atoms with Crippen molar-refractivity contribution in [2.45, 2.75) is 39.3 Å². The maximum atomic E-state index is 11.9. The number of hydrogen-bond donors (Lipinski definition) is 1. The average Bonchev–Trinajstić information content (AvgIpc) is 2.12. The Bertz CT molecular complexity index is 275. The summed E-state index contributed by atoms with van der Waals surface area (Å²) in [7, 11) is -0.300. The van der Waals surface area contributed by atoms with Crippen LogP contribution in [0.4, 0.5) is 0 Å². The van der Waals surface area contributed by atoms with E-state index in [0.29, 0.717) is 13.0 Å². The van der Waals surface area contributed by atoms with Gasteiger partial charge in [0.15, 0.2) is 0 Å². The highest BCUT2D eigenvalue weighted by atomic mass is 32.2. The maximum absolute atomic E-state index is 11.9. The molecule has 0 aromatic rings. The summed E-state index contributed by atoms with van der Waals surface area (Å²) in [6.45, 7) is 5.61. The van der Waals surface area contributed by atoms with E-state index in [1.807, 2.05) is 13.8 Å². The van der Waals surface area contributed by atoms with Crippen LogP contribution in [-0.4, -0.2) is 54.9 Å². The standard InChI is InChI=1S/C9H22N2O3S/c1-8(2)11(5)15(13,14)10(4)7-6-9(3)12/h8-9,12H,6-7H2,1-5H3. The van der Waals surface area contributed by atoms with Crippen molar-refractivity contribution < 1.29 is 13.5 Å².